The van der Waals surface area contributed by atoms with Crippen LogP contribution in [0.1, 0.15) is 40.0 Å². The highest BCUT2D eigenvalue weighted by Gasteiger charge is 2.37. The molecule has 3 aromatic carbocycles. The average Bonchev–Trinajstić information content (AvgIpc) is 2.81. The average molecular weight is 512 g/mol. The van der Waals surface area contributed by atoms with E-state index in [0.717, 1.165) is 28.5 Å². The lowest BCUT2D eigenvalue weighted by molar-refractivity contribution is -0.114. The van der Waals surface area contributed by atoms with E-state index in [-0.39, 0.29) is 18.3 Å². The summed E-state index contributed by atoms with van der Waals surface area (Å²) >= 11 is 1.12. The highest BCUT2D eigenvalue weighted by atomic mass is 32.2. The largest absolute Gasteiger partial charge is 0.376 e. The van der Waals surface area contributed by atoms with E-state index < -0.39 is 21.3 Å². The zero-order valence-corrected chi connectivity index (χ0v) is 22.5. The van der Waals surface area contributed by atoms with Crippen molar-refractivity contribution in [3.63, 3.8) is 0 Å². The number of nitrogens with zero attached hydrogens (tertiary/aromatic N) is 1. The van der Waals surface area contributed by atoms with Gasteiger partial charge < -0.3 is 4.74 Å². The van der Waals surface area contributed by atoms with Crippen LogP contribution in [-0.4, -0.2) is 37.6 Å². The van der Waals surface area contributed by atoms with E-state index in [1.165, 1.54) is 11.4 Å². The Bertz CT molecular complexity index is 1220. The Balaban J connectivity index is 2.14. The van der Waals surface area contributed by atoms with Crippen LogP contribution in [0, 0.1) is 20.8 Å². The van der Waals surface area contributed by atoms with Crippen LogP contribution in [0.15, 0.2) is 77.7 Å². The van der Waals surface area contributed by atoms with Crippen molar-refractivity contribution in [2.24, 2.45) is 0 Å². The summed E-state index contributed by atoms with van der Waals surface area (Å²) < 4.78 is 35.2. The van der Waals surface area contributed by atoms with Gasteiger partial charge in [0.1, 0.15) is 6.61 Å². The Labute approximate surface area is 213 Å². The molecule has 0 aliphatic rings. The van der Waals surface area contributed by atoms with Gasteiger partial charge in [-0.2, -0.15) is 4.31 Å². The molecule has 0 heterocycles. The fourth-order valence-corrected chi connectivity index (χ4v) is 7.66. The standard InChI is InChI=1S/C28H33NO4S2/c1-20-16-21(2)28(22(3)17-20)35(31,32)29(18-24-12-8-6-9-13-24)23(4)27(34-26(30)19-33-5)25-14-10-7-11-15-25/h6-17,23,27H,18-19H2,1-5H3/t23-,27-/m1/s1. The number of carbonyl (C=O) groups is 1. The maximum atomic E-state index is 14.3. The van der Waals surface area contributed by atoms with Crippen LogP contribution in [0.3, 0.4) is 0 Å². The lowest BCUT2D eigenvalue weighted by Gasteiger charge is -2.34. The van der Waals surface area contributed by atoms with E-state index in [2.05, 4.69) is 0 Å². The molecule has 0 fully saturated rings. The summed E-state index contributed by atoms with van der Waals surface area (Å²) in [6, 6.07) is 22.4. The molecular formula is C28H33NO4S2. The highest BCUT2D eigenvalue weighted by Crippen LogP contribution is 2.39. The van der Waals surface area contributed by atoms with Crippen molar-refractivity contribution in [2.45, 2.75) is 50.4 Å². The summed E-state index contributed by atoms with van der Waals surface area (Å²) in [4.78, 5) is 13.0. The number of ether oxygens (including phenoxy) is 1. The number of aryl methyl sites for hydroxylation is 3. The Morgan fingerprint density at radius 1 is 0.943 bits per heavy atom. The number of thioether (sulfide) groups is 1. The molecule has 186 valence electrons. The second kappa shape index (κ2) is 12.0. The Morgan fingerprint density at radius 2 is 1.49 bits per heavy atom. The first-order valence-electron chi connectivity index (χ1n) is 11.5. The van der Waals surface area contributed by atoms with Gasteiger partial charge in [0.25, 0.3) is 0 Å². The molecule has 35 heavy (non-hydrogen) atoms. The minimum atomic E-state index is -3.90. The van der Waals surface area contributed by atoms with Gasteiger partial charge in [0, 0.05) is 19.7 Å². The minimum absolute atomic E-state index is 0.0394. The molecule has 0 N–H and O–H groups in total. The van der Waals surface area contributed by atoms with Crippen molar-refractivity contribution in [3.8, 4) is 0 Å². The molecule has 3 rings (SSSR count). The molecular weight excluding hydrogens is 478 g/mol. The SMILES string of the molecule is COCC(=O)S[C@@H](c1ccccc1)[C@@H](C)N(Cc1ccccc1)S(=O)(=O)c1c(C)cc(C)cc1C. The van der Waals surface area contributed by atoms with Crippen molar-refractivity contribution >= 4 is 26.9 Å². The lowest BCUT2D eigenvalue weighted by Crippen LogP contribution is -2.41. The van der Waals surface area contributed by atoms with Crippen LogP contribution in [0.5, 0.6) is 0 Å². The van der Waals surface area contributed by atoms with Crippen LogP contribution in [0.2, 0.25) is 0 Å². The first kappa shape index (κ1) is 27.1. The summed E-state index contributed by atoms with van der Waals surface area (Å²) in [7, 11) is -2.42. The molecule has 7 heteroatoms. The van der Waals surface area contributed by atoms with Gasteiger partial charge in [-0.1, -0.05) is 90.1 Å². The van der Waals surface area contributed by atoms with Gasteiger partial charge in [-0.25, -0.2) is 8.42 Å². The third-order valence-corrected chi connectivity index (χ3v) is 9.43. The number of sulfonamides is 1. The molecule has 0 saturated carbocycles. The molecule has 0 radical (unpaired) electrons. The topological polar surface area (TPSA) is 63.7 Å². The molecule has 3 aromatic rings. The normalized spacial score (nSPS) is 13.5. The molecule has 0 bridgehead atoms. The van der Waals surface area contributed by atoms with Crippen molar-refractivity contribution in [3.05, 3.63) is 101 Å². The smallest absolute Gasteiger partial charge is 0.244 e. The maximum absolute atomic E-state index is 14.3. The molecule has 0 aromatic heterocycles. The molecule has 0 amide bonds. The second-order valence-electron chi connectivity index (χ2n) is 8.76. The second-order valence-corrected chi connectivity index (χ2v) is 11.8. The van der Waals surface area contributed by atoms with E-state index in [9.17, 15) is 13.2 Å². The summed E-state index contributed by atoms with van der Waals surface area (Å²) in [5, 5.41) is -0.559. The van der Waals surface area contributed by atoms with E-state index in [1.54, 1.807) is 0 Å². The highest BCUT2D eigenvalue weighted by molar-refractivity contribution is 8.14. The monoisotopic (exact) mass is 511 g/mol. The molecule has 5 nitrogen and oxygen atoms in total. The third-order valence-electron chi connectivity index (χ3n) is 5.89. The van der Waals surface area contributed by atoms with Crippen LogP contribution in [-0.2, 0) is 26.1 Å². The zero-order chi connectivity index (χ0) is 25.6. The van der Waals surface area contributed by atoms with Gasteiger partial charge in [-0.05, 0) is 49.9 Å². The van der Waals surface area contributed by atoms with Crippen molar-refractivity contribution in [2.75, 3.05) is 13.7 Å². The van der Waals surface area contributed by atoms with Crippen LogP contribution in [0.4, 0.5) is 0 Å². The predicted molar refractivity (Wildman–Crippen MR) is 143 cm³/mol. The molecule has 0 spiro atoms. The van der Waals surface area contributed by atoms with E-state index in [0.29, 0.717) is 16.0 Å². The molecule has 0 aliphatic heterocycles. The fourth-order valence-electron chi connectivity index (χ4n) is 4.43. The maximum Gasteiger partial charge on any atom is 0.244 e. The van der Waals surface area contributed by atoms with E-state index in [1.807, 2.05) is 100 Å². The predicted octanol–water partition coefficient (Wildman–Crippen LogP) is 5.84. The zero-order valence-electron chi connectivity index (χ0n) is 20.9. The van der Waals surface area contributed by atoms with Crippen LogP contribution < -0.4 is 0 Å². The molecule has 0 saturated heterocycles. The van der Waals surface area contributed by atoms with Gasteiger partial charge in [0.2, 0.25) is 15.1 Å². The number of hydrogen-bond acceptors (Lipinski definition) is 5. The van der Waals surface area contributed by atoms with Crippen molar-refractivity contribution in [1.29, 1.82) is 0 Å². The van der Waals surface area contributed by atoms with E-state index >= 15 is 0 Å². The van der Waals surface area contributed by atoms with Crippen molar-refractivity contribution in [1.82, 2.24) is 4.31 Å². The Hall–Kier alpha value is -2.45. The molecule has 0 unspecified atom stereocenters. The summed E-state index contributed by atoms with van der Waals surface area (Å²) in [6.07, 6.45) is 0. The molecule has 2 atom stereocenters. The van der Waals surface area contributed by atoms with Gasteiger partial charge in [-0.3, -0.25) is 4.79 Å². The van der Waals surface area contributed by atoms with Gasteiger partial charge in [0.05, 0.1) is 10.1 Å². The first-order chi connectivity index (χ1) is 16.6. The number of rotatable bonds is 10. The number of benzene rings is 3. The van der Waals surface area contributed by atoms with Gasteiger partial charge in [-0.15, -0.1) is 0 Å². The van der Waals surface area contributed by atoms with E-state index in [4.69, 9.17) is 4.74 Å². The Morgan fingerprint density at radius 3 is 2.03 bits per heavy atom. The third kappa shape index (κ3) is 6.61. The number of methoxy groups -OCH3 is 1. The fraction of sp³-hybridized carbons (Fsp3) is 0.321. The lowest BCUT2D eigenvalue weighted by atomic mass is 10.1. The molecule has 0 aliphatic carbocycles. The summed E-state index contributed by atoms with van der Waals surface area (Å²) in [5.41, 5.74) is 4.22. The first-order valence-corrected chi connectivity index (χ1v) is 13.8. The van der Waals surface area contributed by atoms with Crippen molar-refractivity contribution < 1.29 is 17.9 Å². The minimum Gasteiger partial charge on any atom is -0.376 e. The van der Waals surface area contributed by atoms with Gasteiger partial charge >= 0.3 is 0 Å². The quantitative estimate of drug-likeness (QED) is 0.342. The summed E-state index contributed by atoms with van der Waals surface area (Å²) in [5.74, 6) is 0. The van der Waals surface area contributed by atoms with Crippen LogP contribution >= 0.6 is 11.8 Å². The summed E-state index contributed by atoms with van der Waals surface area (Å²) in [6.45, 7) is 7.67. The van der Waals surface area contributed by atoms with Crippen LogP contribution in [0.25, 0.3) is 0 Å². The number of carbonyl (C=O) groups excluding carboxylic acids is 1. The number of hydrogen-bond donors (Lipinski definition) is 0. The Kier molecular flexibility index (Phi) is 9.30. The van der Waals surface area contributed by atoms with Gasteiger partial charge in [0.15, 0.2) is 0 Å².